The molecule has 202 valence electrons. The number of pyridine rings is 1. The second kappa shape index (κ2) is 11.1. The molecule has 3 heterocycles. The molecule has 2 atom stereocenters. The predicted octanol–water partition coefficient (Wildman–Crippen LogP) is 3.63. The number of nitrogens with one attached hydrogen (secondary N) is 1. The Hall–Kier alpha value is -3.48. The van der Waals surface area contributed by atoms with Crippen LogP contribution in [0.3, 0.4) is 0 Å². The molecular formula is C25H25BrF3N5O4. The number of piperidine rings is 1. The number of fused-ring (bicyclic) bond motifs is 1. The summed E-state index contributed by atoms with van der Waals surface area (Å²) in [7, 11) is 0. The molecule has 0 radical (unpaired) electrons. The summed E-state index contributed by atoms with van der Waals surface area (Å²) in [6.45, 7) is -1.68. The van der Waals surface area contributed by atoms with E-state index < -0.39 is 42.1 Å². The maximum atomic E-state index is 13.5. The van der Waals surface area contributed by atoms with Crippen molar-refractivity contribution in [1.82, 2.24) is 20.2 Å². The van der Waals surface area contributed by atoms with E-state index in [1.807, 2.05) is 24.3 Å². The summed E-state index contributed by atoms with van der Waals surface area (Å²) >= 11 is 3.35. The SMILES string of the molecule is O=C(O)NC(CCc1ccc(Br)cc1)C(=O)N1CCC2=NN(CC(F)(F)F)C(=O)C2(Cc2ccccn2)C1. The lowest BCUT2D eigenvalue weighted by molar-refractivity contribution is -0.164. The molecule has 9 nitrogen and oxygen atoms in total. The molecule has 2 aliphatic rings. The molecule has 1 fully saturated rings. The molecule has 2 unspecified atom stereocenters. The lowest BCUT2D eigenvalue weighted by Crippen LogP contribution is -2.59. The van der Waals surface area contributed by atoms with Gasteiger partial charge in [0.1, 0.15) is 18.0 Å². The van der Waals surface area contributed by atoms with Crippen LogP contribution >= 0.6 is 15.9 Å². The molecule has 0 spiro atoms. The van der Waals surface area contributed by atoms with Crippen LogP contribution in [0.25, 0.3) is 0 Å². The Labute approximate surface area is 224 Å². The zero-order valence-corrected chi connectivity index (χ0v) is 21.7. The van der Waals surface area contributed by atoms with E-state index in [1.54, 1.807) is 18.2 Å². The number of nitrogens with zero attached hydrogens (tertiary/aromatic N) is 4. The molecule has 2 aliphatic heterocycles. The first-order valence-electron chi connectivity index (χ1n) is 11.9. The number of hydrogen-bond donors (Lipinski definition) is 2. The summed E-state index contributed by atoms with van der Waals surface area (Å²) in [5.41, 5.74) is 0.102. The van der Waals surface area contributed by atoms with Gasteiger partial charge in [-0.1, -0.05) is 34.1 Å². The van der Waals surface area contributed by atoms with Gasteiger partial charge in [0.05, 0.1) is 5.71 Å². The topological polar surface area (TPSA) is 115 Å². The zero-order chi connectivity index (χ0) is 27.5. The first kappa shape index (κ1) is 27.6. The van der Waals surface area contributed by atoms with E-state index in [2.05, 4.69) is 31.3 Å². The van der Waals surface area contributed by atoms with Crippen LogP contribution in [0.2, 0.25) is 0 Å². The highest BCUT2D eigenvalue weighted by atomic mass is 79.9. The normalized spacial score (nSPS) is 20.1. The van der Waals surface area contributed by atoms with Gasteiger partial charge in [0, 0.05) is 42.3 Å². The van der Waals surface area contributed by atoms with Crippen LogP contribution in [-0.2, 0) is 22.4 Å². The van der Waals surface area contributed by atoms with Crippen molar-refractivity contribution in [3.63, 3.8) is 0 Å². The van der Waals surface area contributed by atoms with Crippen LogP contribution in [0.15, 0.2) is 58.2 Å². The minimum Gasteiger partial charge on any atom is -0.465 e. The number of halogens is 4. The Morgan fingerprint density at radius 1 is 1.18 bits per heavy atom. The second-order valence-electron chi connectivity index (χ2n) is 9.28. The number of amides is 3. The summed E-state index contributed by atoms with van der Waals surface area (Å²) in [4.78, 5) is 44.0. The smallest absolute Gasteiger partial charge is 0.408 e. The zero-order valence-electron chi connectivity index (χ0n) is 20.1. The van der Waals surface area contributed by atoms with Gasteiger partial charge in [0.15, 0.2) is 0 Å². The van der Waals surface area contributed by atoms with Crippen LogP contribution in [0, 0.1) is 5.41 Å². The Bertz CT molecular complexity index is 1230. The van der Waals surface area contributed by atoms with Crippen molar-refractivity contribution in [3.05, 3.63) is 64.4 Å². The number of benzene rings is 1. The van der Waals surface area contributed by atoms with Crippen molar-refractivity contribution >= 4 is 39.5 Å². The molecule has 1 saturated heterocycles. The van der Waals surface area contributed by atoms with Gasteiger partial charge >= 0.3 is 12.3 Å². The van der Waals surface area contributed by atoms with E-state index in [0.717, 1.165) is 10.0 Å². The molecule has 2 aromatic rings. The highest BCUT2D eigenvalue weighted by molar-refractivity contribution is 9.10. The number of hydrogen-bond acceptors (Lipinski definition) is 5. The molecule has 0 aliphatic carbocycles. The standard InChI is InChI=1S/C25H25BrF3N5O4/c26-17-7-4-16(5-8-17)6-9-19(31-23(37)38)21(35)33-12-10-20-24(14-33,13-18-3-1-2-11-30-18)22(36)34(32-20)15-25(27,28)29/h1-5,7-8,11,19,31H,6,9-10,12-15H2,(H,37,38). The van der Waals surface area contributed by atoms with Crippen molar-refractivity contribution in [2.24, 2.45) is 10.5 Å². The van der Waals surface area contributed by atoms with Crippen LogP contribution in [0.4, 0.5) is 18.0 Å². The predicted molar refractivity (Wildman–Crippen MR) is 134 cm³/mol. The van der Waals surface area contributed by atoms with E-state index >= 15 is 0 Å². The minimum absolute atomic E-state index is 0.0421. The molecule has 2 N–H and O–H groups in total. The number of carboxylic acid groups (broad SMARTS) is 1. The molecule has 0 bridgehead atoms. The highest BCUT2D eigenvalue weighted by Gasteiger charge is 2.56. The van der Waals surface area contributed by atoms with Gasteiger partial charge in [-0.2, -0.15) is 18.3 Å². The Morgan fingerprint density at radius 2 is 1.92 bits per heavy atom. The Kier molecular flexibility index (Phi) is 8.05. The number of rotatable bonds is 8. The number of carbonyl (C=O) groups is 3. The van der Waals surface area contributed by atoms with Gasteiger partial charge in [-0.05, 0) is 42.7 Å². The van der Waals surface area contributed by atoms with Crippen LogP contribution in [0.1, 0.15) is 24.1 Å². The molecule has 1 aromatic carbocycles. The number of aromatic nitrogens is 1. The number of aryl methyl sites for hydroxylation is 1. The van der Waals surface area contributed by atoms with Gasteiger partial charge in [-0.3, -0.25) is 14.6 Å². The summed E-state index contributed by atoms with van der Waals surface area (Å²) in [5, 5.41) is 16.1. The molecule has 38 heavy (non-hydrogen) atoms. The van der Waals surface area contributed by atoms with Crippen molar-refractivity contribution in [1.29, 1.82) is 0 Å². The number of alkyl halides is 3. The largest absolute Gasteiger partial charge is 0.465 e. The summed E-state index contributed by atoms with van der Waals surface area (Å²) in [6.07, 6.45) is -3.93. The second-order valence-corrected chi connectivity index (χ2v) is 10.2. The fourth-order valence-electron chi connectivity index (χ4n) is 4.85. The maximum Gasteiger partial charge on any atom is 0.408 e. The number of likely N-dealkylation sites (tertiary alicyclic amines) is 1. The first-order chi connectivity index (χ1) is 18.0. The first-order valence-corrected chi connectivity index (χ1v) is 12.7. The maximum absolute atomic E-state index is 13.5. The van der Waals surface area contributed by atoms with E-state index in [1.165, 1.54) is 11.1 Å². The Morgan fingerprint density at radius 3 is 2.55 bits per heavy atom. The van der Waals surface area contributed by atoms with Crippen molar-refractivity contribution in [3.8, 4) is 0 Å². The van der Waals surface area contributed by atoms with E-state index in [4.69, 9.17) is 0 Å². The van der Waals surface area contributed by atoms with Crippen molar-refractivity contribution in [2.45, 2.75) is 37.9 Å². The third-order valence-electron chi connectivity index (χ3n) is 6.60. The monoisotopic (exact) mass is 595 g/mol. The molecular weight excluding hydrogens is 571 g/mol. The quantitative estimate of drug-likeness (QED) is 0.483. The summed E-state index contributed by atoms with van der Waals surface area (Å²) < 4.78 is 40.4. The van der Waals surface area contributed by atoms with Gasteiger partial charge in [-0.15, -0.1) is 0 Å². The Balaban J connectivity index is 1.58. The van der Waals surface area contributed by atoms with Crippen LogP contribution < -0.4 is 5.32 Å². The van der Waals surface area contributed by atoms with E-state index in [9.17, 15) is 32.7 Å². The number of hydrazone groups is 1. The molecule has 0 saturated carbocycles. The van der Waals surface area contributed by atoms with Crippen LogP contribution in [0.5, 0.6) is 0 Å². The lowest BCUT2D eigenvalue weighted by Gasteiger charge is -2.40. The fourth-order valence-corrected chi connectivity index (χ4v) is 5.11. The van der Waals surface area contributed by atoms with E-state index in [0.29, 0.717) is 17.1 Å². The summed E-state index contributed by atoms with van der Waals surface area (Å²) in [5.74, 6) is -1.41. The average molecular weight is 596 g/mol. The van der Waals surface area contributed by atoms with Gasteiger partial charge in [0.2, 0.25) is 5.91 Å². The average Bonchev–Trinajstić information content (AvgIpc) is 3.11. The summed E-state index contributed by atoms with van der Waals surface area (Å²) in [6, 6.07) is 11.3. The van der Waals surface area contributed by atoms with Gasteiger partial charge in [0.25, 0.3) is 5.91 Å². The molecule has 4 rings (SSSR count). The van der Waals surface area contributed by atoms with Gasteiger partial charge in [-0.25, -0.2) is 9.80 Å². The fraction of sp³-hybridized carbons (Fsp3) is 0.400. The molecule has 3 amide bonds. The third kappa shape index (κ3) is 6.32. The van der Waals surface area contributed by atoms with Crippen molar-refractivity contribution in [2.75, 3.05) is 19.6 Å². The molecule has 13 heteroatoms. The van der Waals surface area contributed by atoms with Crippen LogP contribution in [-0.4, -0.2) is 75.5 Å². The molecule has 1 aromatic heterocycles. The third-order valence-corrected chi connectivity index (χ3v) is 7.13. The van der Waals surface area contributed by atoms with Crippen molar-refractivity contribution < 1.29 is 32.7 Å². The van der Waals surface area contributed by atoms with E-state index in [-0.39, 0.29) is 38.1 Å². The highest BCUT2D eigenvalue weighted by Crippen LogP contribution is 2.39. The minimum atomic E-state index is -4.65. The lowest BCUT2D eigenvalue weighted by atomic mass is 9.74. The van der Waals surface area contributed by atoms with Gasteiger partial charge < -0.3 is 15.3 Å². The number of carbonyl (C=O) groups excluding carboxylic acids is 2.